The second-order valence-electron chi connectivity index (χ2n) is 3.40. The molecule has 0 aliphatic carbocycles. The van der Waals surface area contributed by atoms with Gasteiger partial charge in [0.05, 0.1) is 12.1 Å². The first-order valence-corrected chi connectivity index (χ1v) is 5.90. The number of carboxylic acid groups (broad SMARTS) is 1. The molecule has 0 unspecified atom stereocenters. The van der Waals surface area contributed by atoms with E-state index in [0.29, 0.717) is 16.4 Å². The number of aliphatic carboxylic acids is 1. The quantitative estimate of drug-likeness (QED) is 0.870. The lowest BCUT2D eigenvalue weighted by Crippen LogP contribution is -2.11. The van der Waals surface area contributed by atoms with Crippen molar-refractivity contribution in [1.29, 1.82) is 0 Å². The number of aromatic nitrogens is 2. The Hall–Kier alpha value is -2.28. The van der Waals surface area contributed by atoms with Crippen LogP contribution in [0.3, 0.4) is 0 Å². The van der Waals surface area contributed by atoms with Gasteiger partial charge >= 0.3 is 5.97 Å². The van der Waals surface area contributed by atoms with Crippen molar-refractivity contribution in [3.63, 3.8) is 0 Å². The molecule has 0 spiro atoms. The molecule has 2 aromatic heterocycles. The van der Waals surface area contributed by atoms with E-state index in [9.17, 15) is 9.59 Å². The Morgan fingerprint density at radius 2 is 2.06 bits per heavy atom. The Kier molecular flexibility index (Phi) is 3.63. The zero-order valence-corrected chi connectivity index (χ0v) is 9.98. The van der Waals surface area contributed by atoms with Gasteiger partial charge in [0.15, 0.2) is 5.13 Å². The number of pyridine rings is 1. The van der Waals surface area contributed by atoms with E-state index in [4.69, 9.17) is 5.11 Å². The van der Waals surface area contributed by atoms with Gasteiger partial charge in [0.1, 0.15) is 0 Å². The second kappa shape index (κ2) is 5.37. The van der Waals surface area contributed by atoms with Crippen LogP contribution in [0.2, 0.25) is 0 Å². The Morgan fingerprint density at radius 3 is 2.72 bits per heavy atom. The van der Waals surface area contributed by atoms with Gasteiger partial charge in [0.25, 0.3) is 5.91 Å². The summed E-state index contributed by atoms with van der Waals surface area (Å²) >= 11 is 1.19. The number of anilines is 1. The van der Waals surface area contributed by atoms with Crippen LogP contribution in [0.1, 0.15) is 16.1 Å². The molecular weight excluding hydrogens is 254 g/mol. The van der Waals surface area contributed by atoms with E-state index in [1.807, 2.05) is 0 Å². The highest BCUT2D eigenvalue weighted by Crippen LogP contribution is 2.16. The molecule has 0 bridgehead atoms. The van der Waals surface area contributed by atoms with Crippen LogP contribution in [0.4, 0.5) is 5.13 Å². The monoisotopic (exact) mass is 263 g/mol. The predicted molar refractivity (Wildman–Crippen MR) is 65.6 cm³/mol. The highest BCUT2D eigenvalue weighted by molar-refractivity contribution is 7.14. The topological polar surface area (TPSA) is 92.2 Å². The van der Waals surface area contributed by atoms with Crippen LogP contribution in [-0.2, 0) is 11.2 Å². The Labute approximate surface area is 106 Å². The van der Waals surface area contributed by atoms with Crippen LogP contribution < -0.4 is 5.32 Å². The van der Waals surface area contributed by atoms with Crippen molar-refractivity contribution in [2.24, 2.45) is 0 Å². The number of thiazole rings is 1. The summed E-state index contributed by atoms with van der Waals surface area (Å²) in [6, 6.07) is 3.17. The highest BCUT2D eigenvalue weighted by Gasteiger charge is 2.10. The maximum atomic E-state index is 11.8. The van der Waals surface area contributed by atoms with Crippen LogP contribution >= 0.6 is 11.3 Å². The Morgan fingerprint density at radius 1 is 1.33 bits per heavy atom. The van der Waals surface area contributed by atoms with E-state index in [-0.39, 0.29) is 12.3 Å². The summed E-state index contributed by atoms with van der Waals surface area (Å²) in [5.74, 6) is -1.25. The van der Waals surface area contributed by atoms with E-state index >= 15 is 0 Å². The summed E-state index contributed by atoms with van der Waals surface area (Å²) in [5.41, 5.74) is 0.900. The van der Waals surface area contributed by atoms with Gasteiger partial charge in [-0.1, -0.05) is 0 Å². The molecule has 7 heteroatoms. The van der Waals surface area contributed by atoms with Crippen molar-refractivity contribution in [3.8, 4) is 0 Å². The lowest BCUT2D eigenvalue weighted by atomic mass is 10.2. The normalized spacial score (nSPS) is 10.0. The Balaban J connectivity index is 2.04. The minimum absolute atomic E-state index is 0.151. The van der Waals surface area contributed by atoms with Crippen molar-refractivity contribution >= 4 is 28.3 Å². The molecule has 2 heterocycles. The summed E-state index contributed by atoms with van der Waals surface area (Å²) < 4.78 is 0. The number of nitrogens with one attached hydrogen (secondary N) is 1. The van der Waals surface area contributed by atoms with Gasteiger partial charge in [-0.15, -0.1) is 11.3 Å². The van der Waals surface area contributed by atoms with Crippen molar-refractivity contribution in [2.45, 2.75) is 6.42 Å². The molecule has 0 aliphatic rings. The van der Waals surface area contributed by atoms with E-state index in [1.165, 1.54) is 23.7 Å². The molecule has 2 aromatic rings. The third kappa shape index (κ3) is 3.11. The third-order valence-corrected chi connectivity index (χ3v) is 2.85. The molecule has 0 saturated heterocycles. The molecule has 6 nitrogen and oxygen atoms in total. The average Bonchev–Trinajstić information content (AvgIpc) is 2.76. The fraction of sp³-hybridized carbons (Fsp3) is 0.0909. The van der Waals surface area contributed by atoms with Gasteiger partial charge in [-0.3, -0.25) is 19.9 Å². The zero-order valence-electron chi connectivity index (χ0n) is 9.16. The SMILES string of the molecule is O=C(O)Cc1csc(NC(=O)c2ccncc2)n1. The van der Waals surface area contributed by atoms with Crippen LogP contribution in [-0.4, -0.2) is 27.0 Å². The molecule has 0 saturated carbocycles. The number of carbonyl (C=O) groups is 2. The maximum Gasteiger partial charge on any atom is 0.309 e. The Bertz CT molecular complexity index is 568. The average molecular weight is 263 g/mol. The lowest BCUT2D eigenvalue weighted by molar-refractivity contribution is -0.136. The first-order valence-electron chi connectivity index (χ1n) is 5.03. The second-order valence-corrected chi connectivity index (χ2v) is 4.26. The zero-order chi connectivity index (χ0) is 13.0. The molecule has 0 aromatic carbocycles. The molecule has 0 atom stereocenters. The van der Waals surface area contributed by atoms with Crippen LogP contribution in [0, 0.1) is 0 Å². The number of amides is 1. The number of carbonyl (C=O) groups excluding carboxylic acids is 1. The van der Waals surface area contributed by atoms with E-state index in [1.54, 1.807) is 17.5 Å². The highest BCUT2D eigenvalue weighted by atomic mass is 32.1. The van der Waals surface area contributed by atoms with Crippen LogP contribution in [0.5, 0.6) is 0 Å². The smallest absolute Gasteiger partial charge is 0.309 e. The summed E-state index contributed by atoms with van der Waals surface area (Å²) in [7, 11) is 0. The molecule has 1 amide bonds. The van der Waals surface area contributed by atoms with E-state index < -0.39 is 5.97 Å². The number of nitrogens with zero attached hydrogens (tertiary/aromatic N) is 2. The fourth-order valence-corrected chi connectivity index (χ4v) is 1.98. The number of hydrogen-bond donors (Lipinski definition) is 2. The van der Waals surface area contributed by atoms with Crippen molar-refractivity contribution in [3.05, 3.63) is 41.2 Å². The summed E-state index contributed by atoms with van der Waals surface area (Å²) in [4.78, 5) is 30.1. The predicted octanol–water partition coefficient (Wildman–Crippen LogP) is 1.42. The summed E-state index contributed by atoms with van der Waals surface area (Å²) in [5, 5.41) is 13.2. The number of carboxylic acids is 1. The van der Waals surface area contributed by atoms with Crippen molar-refractivity contribution in [1.82, 2.24) is 9.97 Å². The van der Waals surface area contributed by atoms with Crippen molar-refractivity contribution < 1.29 is 14.7 Å². The van der Waals surface area contributed by atoms with Crippen molar-refractivity contribution in [2.75, 3.05) is 5.32 Å². The maximum absolute atomic E-state index is 11.8. The minimum atomic E-state index is -0.952. The van der Waals surface area contributed by atoms with Crippen LogP contribution in [0.15, 0.2) is 29.9 Å². The summed E-state index contributed by atoms with van der Waals surface area (Å²) in [6.07, 6.45) is 2.89. The van der Waals surface area contributed by atoms with Gasteiger partial charge in [-0.25, -0.2) is 4.98 Å². The first-order chi connectivity index (χ1) is 8.65. The largest absolute Gasteiger partial charge is 0.481 e. The summed E-state index contributed by atoms with van der Waals surface area (Å²) in [6.45, 7) is 0. The molecular formula is C11H9N3O3S. The molecule has 0 fully saturated rings. The van der Waals surface area contributed by atoms with Gasteiger partial charge in [-0.05, 0) is 12.1 Å². The van der Waals surface area contributed by atoms with E-state index in [0.717, 1.165) is 0 Å². The molecule has 2 rings (SSSR count). The minimum Gasteiger partial charge on any atom is -0.481 e. The number of hydrogen-bond acceptors (Lipinski definition) is 5. The van der Waals surface area contributed by atoms with E-state index in [2.05, 4.69) is 15.3 Å². The van der Waals surface area contributed by atoms with Gasteiger partial charge < -0.3 is 5.11 Å². The molecule has 92 valence electrons. The molecule has 2 N–H and O–H groups in total. The standard InChI is InChI=1S/C11H9N3O3S/c15-9(16)5-8-6-18-11(13-8)14-10(17)7-1-3-12-4-2-7/h1-4,6H,5H2,(H,15,16)(H,13,14,17). The van der Waals surface area contributed by atoms with Crippen LogP contribution in [0.25, 0.3) is 0 Å². The van der Waals surface area contributed by atoms with Gasteiger partial charge in [-0.2, -0.15) is 0 Å². The van der Waals surface area contributed by atoms with Gasteiger partial charge in [0.2, 0.25) is 0 Å². The lowest BCUT2D eigenvalue weighted by Gasteiger charge is -2.00. The molecule has 18 heavy (non-hydrogen) atoms. The fourth-order valence-electron chi connectivity index (χ4n) is 1.27. The van der Waals surface area contributed by atoms with Gasteiger partial charge in [0, 0.05) is 23.3 Å². The first kappa shape index (κ1) is 12.2. The third-order valence-electron chi connectivity index (χ3n) is 2.05. The number of rotatable bonds is 4. The molecule has 0 radical (unpaired) electrons. The molecule has 0 aliphatic heterocycles.